The normalized spacial score (nSPS) is 16.7. The number of carbonyl (C=O) groups is 2. The maximum absolute atomic E-state index is 13.5. The van der Waals surface area contributed by atoms with Gasteiger partial charge in [-0.2, -0.15) is 0 Å². The number of aliphatic hydroxyl groups excluding tert-OH is 1. The molecule has 0 radical (unpaired) electrons. The second kappa shape index (κ2) is 11.0. The van der Waals surface area contributed by atoms with E-state index < -0.39 is 17.7 Å². The highest BCUT2D eigenvalue weighted by Gasteiger charge is 2.47. The fraction of sp³-hybridized carbons (Fsp3) is 0.241. The van der Waals surface area contributed by atoms with Crippen LogP contribution in [0, 0.1) is 6.92 Å². The van der Waals surface area contributed by atoms with Gasteiger partial charge in [0, 0.05) is 17.3 Å². The largest absolute Gasteiger partial charge is 0.507 e. The Morgan fingerprint density at radius 2 is 1.68 bits per heavy atom. The van der Waals surface area contributed by atoms with Crippen molar-refractivity contribution in [2.45, 2.75) is 26.8 Å². The third kappa shape index (κ3) is 5.00. The fourth-order valence-corrected chi connectivity index (χ4v) is 4.60. The Balaban J connectivity index is 1.94. The van der Waals surface area contributed by atoms with Gasteiger partial charge in [-0.05, 0) is 56.7 Å². The zero-order chi connectivity index (χ0) is 26.7. The highest BCUT2D eigenvalue weighted by Crippen LogP contribution is 2.44. The molecule has 3 aromatic rings. The van der Waals surface area contributed by atoms with E-state index >= 15 is 0 Å². The number of anilines is 1. The van der Waals surface area contributed by atoms with Gasteiger partial charge in [0.25, 0.3) is 11.7 Å². The summed E-state index contributed by atoms with van der Waals surface area (Å²) in [5, 5.41) is 11.7. The molecule has 0 aliphatic carbocycles. The molecule has 0 aromatic heterocycles. The van der Waals surface area contributed by atoms with Crippen LogP contribution in [0.5, 0.6) is 17.2 Å². The van der Waals surface area contributed by atoms with Gasteiger partial charge in [0.1, 0.15) is 11.5 Å². The molecule has 8 heteroatoms. The van der Waals surface area contributed by atoms with Gasteiger partial charge in [0.05, 0.1) is 37.0 Å². The molecule has 1 unspecified atom stereocenters. The van der Waals surface area contributed by atoms with Crippen LogP contribution in [0.25, 0.3) is 5.76 Å². The lowest BCUT2D eigenvalue weighted by atomic mass is 9.94. The smallest absolute Gasteiger partial charge is 0.300 e. The van der Waals surface area contributed by atoms with Crippen molar-refractivity contribution >= 4 is 34.7 Å². The van der Waals surface area contributed by atoms with Crippen LogP contribution >= 0.6 is 11.6 Å². The Bertz CT molecular complexity index is 1380. The van der Waals surface area contributed by atoms with E-state index in [1.165, 1.54) is 18.1 Å². The van der Waals surface area contributed by atoms with Gasteiger partial charge in [0.2, 0.25) is 0 Å². The standard InChI is InChI=1S/C29H28ClNO6/c1-5-36-22-13-11-20(16-24(22)37-6-2)31-26(18-9-7-8-17(3)14-18)25(28(33)29(31)34)27(32)19-10-12-21(30)23(15-19)35-4/h7-16,26,32H,5-6H2,1-4H3/b27-25+. The Hall–Kier alpha value is -3.97. The van der Waals surface area contributed by atoms with Crippen molar-refractivity contribution in [1.82, 2.24) is 0 Å². The number of carbonyl (C=O) groups excluding carboxylic acids is 2. The third-order valence-corrected chi connectivity index (χ3v) is 6.34. The molecule has 0 saturated carbocycles. The number of amides is 1. The molecule has 1 amide bonds. The quantitative estimate of drug-likeness (QED) is 0.220. The Morgan fingerprint density at radius 3 is 2.35 bits per heavy atom. The minimum atomic E-state index is -0.881. The van der Waals surface area contributed by atoms with Crippen LogP contribution in [0.4, 0.5) is 5.69 Å². The molecule has 0 bridgehead atoms. The summed E-state index contributed by atoms with van der Waals surface area (Å²) in [5.74, 6) is -0.567. The van der Waals surface area contributed by atoms with E-state index in [9.17, 15) is 14.7 Å². The Kier molecular flexibility index (Phi) is 7.74. The van der Waals surface area contributed by atoms with Crippen LogP contribution in [0.2, 0.25) is 5.02 Å². The van der Waals surface area contributed by atoms with Gasteiger partial charge < -0.3 is 19.3 Å². The number of halogens is 1. The molecule has 1 N–H and O–H groups in total. The SMILES string of the molecule is CCOc1ccc(N2C(=O)C(=O)/C(=C(/O)c3ccc(Cl)c(OC)c3)C2c2cccc(C)c2)cc1OCC. The number of aliphatic hydroxyl groups is 1. The van der Waals surface area contributed by atoms with Crippen LogP contribution in [0.3, 0.4) is 0 Å². The van der Waals surface area contributed by atoms with Gasteiger partial charge in [-0.1, -0.05) is 41.4 Å². The van der Waals surface area contributed by atoms with Gasteiger partial charge in [-0.25, -0.2) is 0 Å². The third-order valence-electron chi connectivity index (χ3n) is 6.03. The molecular weight excluding hydrogens is 494 g/mol. The molecule has 192 valence electrons. The van der Waals surface area contributed by atoms with Crippen molar-refractivity contribution in [2.24, 2.45) is 0 Å². The molecule has 1 atom stereocenters. The van der Waals surface area contributed by atoms with Gasteiger partial charge in [-0.15, -0.1) is 0 Å². The average Bonchev–Trinajstić information content (AvgIpc) is 3.15. The first-order chi connectivity index (χ1) is 17.8. The van der Waals surface area contributed by atoms with E-state index in [2.05, 4.69) is 0 Å². The van der Waals surface area contributed by atoms with E-state index in [1.54, 1.807) is 30.3 Å². The summed E-state index contributed by atoms with van der Waals surface area (Å²) in [7, 11) is 1.46. The lowest BCUT2D eigenvalue weighted by molar-refractivity contribution is -0.132. The van der Waals surface area contributed by atoms with Gasteiger partial charge >= 0.3 is 0 Å². The zero-order valence-electron chi connectivity index (χ0n) is 21.1. The Labute approximate surface area is 220 Å². The molecule has 1 aliphatic heterocycles. The van der Waals surface area contributed by atoms with E-state index in [4.69, 9.17) is 25.8 Å². The van der Waals surface area contributed by atoms with Crippen molar-refractivity contribution < 1.29 is 28.9 Å². The molecule has 1 saturated heterocycles. The van der Waals surface area contributed by atoms with Gasteiger partial charge in [0.15, 0.2) is 11.5 Å². The molecule has 1 aliphatic rings. The summed E-state index contributed by atoms with van der Waals surface area (Å²) in [6, 6.07) is 16.3. The van der Waals surface area contributed by atoms with Crippen molar-refractivity contribution in [3.63, 3.8) is 0 Å². The summed E-state index contributed by atoms with van der Waals surface area (Å²) >= 11 is 6.16. The van der Waals surface area contributed by atoms with E-state index in [0.29, 0.717) is 52.3 Å². The Morgan fingerprint density at radius 1 is 0.946 bits per heavy atom. The van der Waals surface area contributed by atoms with Gasteiger partial charge in [-0.3, -0.25) is 14.5 Å². The lowest BCUT2D eigenvalue weighted by Crippen LogP contribution is -2.29. The van der Waals surface area contributed by atoms with Crippen molar-refractivity contribution in [1.29, 1.82) is 0 Å². The molecule has 0 spiro atoms. The minimum absolute atomic E-state index is 0.0354. The summed E-state index contributed by atoms with van der Waals surface area (Å²) < 4.78 is 16.7. The molecule has 1 heterocycles. The lowest BCUT2D eigenvalue weighted by Gasteiger charge is -2.26. The number of aryl methyl sites for hydroxylation is 1. The molecule has 7 nitrogen and oxygen atoms in total. The molecule has 4 rings (SSSR count). The number of benzene rings is 3. The predicted molar refractivity (Wildman–Crippen MR) is 143 cm³/mol. The number of Topliss-reactive ketones (excluding diaryl/α,β-unsaturated/α-hetero) is 1. The monoisotopic (exact) mass is 521 g/mol. The second-order valence-corrected chi connectivity index (χ2v) is 8.84. The average molecular weight is 522 g/mol. The zero-order valence-corrected chi connectivity index (χ0v) is 21.8. The van der Waals surface area contributed by atoms with Crippen molar-refractivity contribution in [3.05, 3.63) is 87.9 Å². The number of nitrogens with zero attached hydrogens (tertiary/aromatic N) is 1. The molecule has 3 aromatic carbocycles. The van der Waals surface area contributed by atoms with Crippen LogP contribution in [0.15, 0.2) is 66.2 Å². The highest BCUT2D eigenvalue weighted by atomic mass is 35.5. The number of methoxy groups -OCH3 is 1. The first kappa shape index (κ1) is 26.1. The van der Waals surface area contributed by atoms with E-state index in [-0.39, 0.29) is 11.3 Å². The number of hydrogen-bond donors (Lipinski definition) is 1. The number of hydrogen-bond acceptors (Lipinski definition) is 6. The first-order valence-electron chi connectivity index (χ1n) is 11.9. The van der Waals surface area contributed by atoms with Crippen LogP contribution in [-0.2, 0) is 9.59 Å². The fourth-order valence-electron chi connectivity index (χ4n) is 4.41. The summed E-state index contributed by atoms with van der Waals surface area (Å²) in [6.07, 6.45) is 0. The van der Waals surface area contributed by atoms with E-state index in [0.717, 1.165) is 5.56 Å². The highest BCUT2D eigenvalue weighted by molar-refractivity contribution is 6.51. The topological polar surface area (TPSA) is 85.3 Å². The minimum Gasteiger partial charge on any atom is -0.507 e. The van der Waals surface area contributed by atoms with Crippen LogP contribution < -0.4 is 19.1 Å². The van der Waals surface area contributed by atoms with Crippen LogP contribution in [0.1, 0.15) is 36.6 Å². The molecular formula is C29H28ClNO6. The molecule has 1 fully saturated rings. The van der Waals surface area contributed by atoms with E-state index in [1.807, 2.05) is 45.0 Å². The summed E-state index contributed by atoms with van der Waals surface area (Å²) in [4.78, 5) is 28.3. The molecule has 37 heavy (non-hydrogen) atoms. The van der Waals surface area contributed by atoms with Crippen molar-refractivity contribution in [2.75, 3.05) is 25.2 Å². The summed E-state index contributed by atoms with van der Waals surface area (Å²) in [6.45, 7) is 6.47. The number of ketones is 1. The number of rotatable bonds is 8. The maximum atomic E-state index is 13.5. The van der Waals surface area contributed by atoms with Crippen molar-refractivity contribution in [3.8, 4) is 17.2 Å². The summed E-state index contributed by atoms with van der Waals surface area (Å²) in [5.41, 5.74) is 2.32. The number of ether oxygens (including phenoxy) is 3. The second-order valence-electron chi connectivity index (χ2n) is 8.43. The maximum Gasteiger partial charge on any atom is 0.300 e. The first-order valence-corrected chi connectivity index (χ1v) is 12.3. The predicted octanol–water partition coefficient (Wildman–Crippen LogP) is 6.08. The van der Waals surface area contributed by atoms with Crippen LogP contribution in [-0.4, -0.2) is 37.1 Å².